The van der Waals surface area contributed by atoms with Crippen molar-refractivity contribution in [3.8, 4) is 11.4 Å². The average molecular weight is 380 g/mol. The van der Waals surface area contributed by atoms with E-state index in [0.29, 0.717) is 28.6 Å². The lowest BCUT2D eigenvalue weighted by molar-refractivity contribution is 0.253. The summed E-state index contributed by atoms with van der Waals surface area (Å²) in [4.78, 5) is 31.1. The zero-order valence-electron chi connectivity index (χ0n) is 15.0. The van der Waals surface area contributed by atoms with Crippen molar-refractivity contribution in [2.75, 3.05) is 25.9 Å². The fourth-order valence-electron chi connectivity index (χ4n) is 3.84. The molecule has 0 spiro atoms. The summed E-state index contributed by atoms with van der Waals surface area (Å²) in [6.45, 7) is 2.18. The van der Waals surface area contributed by atoms with Crippen molar-refractivity contribution in [1.29, 1.82) is 0 Å². The zero-order chi connectivity index (χ0) is 18.5. The third kappa shape index (κ3) is 2.72. The van der Waals surface area contributed by atoms with Gasteiger partial charge < -0.3 is 20.6 Å². The number of aromatic amines is 2. The summed E-state index contributed by atoms with van der Waals surface area (Å²) in [6, 6.07) is 5.94. The van der Waals surface area contributed by atoms with Crippen molar-refractivity contribution in [2.45, 2.75) is 18.8 Å². The number of piperidine rings is 1. The van der Waals surface area contributed by atoms with Crippen LogP contribution >= 0.6 is 11.3 Å². The average Bonchev–Trinajstić information content (AvgIpc) is 3.28. The largest absolute Gasteiger partial charge is 0.397 e. The second kappa shape index (κ2) is 6.17. The SMILES string of the molecule is CN1CCC(c2ccc3nc(-c4c(N)c5ccsc5[nH]c4=O)[nH]c3n2)CC1. The first-order chi connectivity index (χ1) is 13.1. The number of H-pyrrole nitrogens is 2. The maximum absolute atomic E-state index is 12.6. The van der Waals surface area contributed by atoms with Gasteiger partial charge in [0, 0.05) is 17.0 Å². The third-order valence-electron chi connectivity index (χ3n) is 5.42. The molecule has 4 aromatic heterocycles. The highest BCUT2D eigenvalue weighted by molar-refractivity contribution is 7.16. The second-order valence-corrected chi connectivity index (χ2v) is 8.09. The van der Waals surface area contributed by atoms with E-state index < -0.39 is 0 Å². The van der Waals surface area contributed by atoms with Gasteiger partial charge in [-0.1, -0.05) is 0 Å². The van der Waals surface area contributed by atoms with Crippen LogP contribution in [0.5, 0.6) is 0 Å². The number of imidazole rings is 1. The highest BCUT2D eigenvalue weighted by Gasteiger charge is 2.21. The second-order valence-electron chi connectivity index (χ2n) is 7.17. The molecule has 5 heterocycles. The van der Waals surface area contributed by atoms with Gasteiger partial charge in [0.15, 0.2) is 5.65 Å². The summed E-state index contributed by atoms with van der Waals surface area (Å²) < 4.78 is 0. The van der Waals surface area contributed by atoms with Crippen LogP contribution in [0.1, 0.15) is 24.5 Å². The van der Waals surface area contributed by atoms with E-state index in [9.17, 15) is 4.79 Å². The van der Waals surface area contributed by atoms with Gasteiger partial charge >= 0.3 is 0 Å². The number of hydrogen-bond donors (Lipinski definition) is 3. The minimum atomic E-state index is -0.239. The number of hydrogen-bond acceptors (Lipinski definition) is 6. The van der Waals surface area contributed by atoms with Gasteiger partial charge in [-0.3, -0.25) is 4.79 Å². The summed E-state index contributed by atoms with van der Waals surface area (Å²) in [5.74, 6) is 0.929. The molecule has 4 aromatic rings. The number of nitrogen functional groups attached to an aromatic ring is 1. The first-order valence-electron chi connectivity index (χ1n) is 9.04. The Balaban J connectivity index is 1.58. The number of aromatic nitrogens is 4. The molecule has 1 aliphatic heterocycles. The Hall–Kier alpha value is -2.71. The molecule has 0 aromatic carbocycles. The Morgan fingerprint density at radius 2 is 2.00 bits per heavy atom. The van der Waals surface area contributed by atoms with Gasteiger partial charge in [-0.15, -0.1) is 11.3 Å². The fourth-order valence-corrected chi connectivity index (χ4v) is 4.63. The van der Waals surface area contributed by atoms with E-state index in [4.69, 9.17) is 10.7 Å². The molecule has 8 heteroatoms. The van der Waals surface area contributed by atoms with Gasteiger partial charge in [0.25, 0.3) is 5.56 Å². The van der Waals surface area contributed by atoms with Crippen molar-refractivity contribution in [3.63, 3.8) is 0 Å². The summed E-state index contributed by atoms with van der Waals surface area (Å²) in [6.07, 6.45) is 2.22. The number of nitrogens with two attached hydrogens (primary N) is 1. The molecule has 0 radical (unpaired) electrons. The number of nitrogens with one attached hydrogen (secondary N) is 2. The van der Waals surface area contributed by atoms with Crippen molar-refractivity contribution in [2.24, 2.45) is 0 Å². The van der Waals surface area contributed by atoms with E-state index in [2.05, 4.69) is 33.0 Å². The van der Waals surface area contributed by atoms with Gasteiger partial charge in [0.1, 0.15) is 21.7 Å². The zero-order valence-corrected chi connectivity index (χ0v) is 15.8. The summed E-state index contributed by atoms with van der Waals surface area (Å²) in [5.41, 5.74) is 9.39. The van der Waals surface area contributed by atoms with E-state index in [-0.39, 0.29) is 5.56 Å². The number of rotatable bonds is 2. The molecule has 1 aliphatic rings. The normalized spacial score (nSPS) is 16.5. The maximum atomic E-state index is 12.6. The first kappa shape index (κ1) is 16.5. The Morgan fingerprint density at radius 3 is 2.81 bits per heavy atom. The lowest BCUT2D eigenvalue weighted by Crippen LogP contribution is -2.29. The molecule has 4 N–H and O–H groups in total. The van der Waals surface area contributed by atoms with Gasteiger partial charge in [-0.2, -0.15) is 0 Å². The van der Waals surface area contributed by atoms with Crippen molar-refractivity contribution in [3.05, 3.63) is 39.6 Å². The minimum absolute atomic E-state index is 0.239. The molecule has 1 saturated heterocycles. The van der Waals surface area contributed by atoms with Gasteiger partial charge in [-0.25, -0.2) is 9.97 Å². The molecule has 1 fully saturated rings. The molecule has 5 rings (SSSR count). The van der Waals surface area contributed by atoms with E-state index in [1.165, 1.54) is 11.3 Å². The topological polar surface area (TPSA) is 104 Å². The molecule has 0 amide bonds. The molecule has 0 saturated carbocycles. The third-order valence-corrected chi connectivity index (χ3v) is 6.25. The van der Waals surface area contributed by atoms with Crippen molar-refractivity contribution in [1.82, 2.24) is 24.8 Å². The van der Waals surface area contributed by atoms with Crippen LogP contribution in [0.15, 0.2) is 28.4 Å². The smallest absolute Gasteiger partial charge is 0.262 e. The minimum Gasteiger partial charge on any atom is -0.397 e. The van der Waals surface area contributed by atoms with Crippen LogP contribution in [0.4, 0.5) is 5.69 Å². The molecule has 0 aliphatic carbocycles. The lowest BCUT2D eigenvalue weighted by Gasteiger charge is -2.28. The molecule has 138 valence electrons. The van der Waals surface area contributed by atoms with Crippen molar-refractivity contribution < 1.29 is 0 Å². The monoisotopic (exact) mass is 380 g/mol. The molecular weight excluding hydrogens is 360 g/mol. The highest BCUT2D eigenvalue weighted by Crippen LogP contribution is 2.31. The van der Waals surface area contributed by atoms with Gasteiger partial charge in [0.05, 0.1) is 5.69 Å². The van der Waals surface area contributed by atoms with Crippen LogP contribution < -0.4 is 11.3 Å². The Labute approximate surface area is 159 Å². The van der Waals surface area contributed by atoms with Crippen LogP contribution in [0.25, 0.3) is 32.8 Å². The molecule has 27 heavy (non-hydrogen) atoms. The number of nitrogens with zero attached hydrogens (tertiary/aromatic N) is 3. The lowest BCUT2D eigenvalue weighted by atomic mass is 9.93. The Bertz CT molecular complexity index is 1200. The molecule has 0 bridgehead atoms. The van der Waals surface area contributed by atoms with Crippen LogP contribution in [-0.4, -0.2) is 45.0 Å². The van der Waals surface area contributed by atoms with Gasteiger partial charge in [0.2, 0.25) is 0 Å². The first-order valence-corrected chi connectivity index (χ1v) is 9.92. The maximum Gasteiger partial charge on any atom is 0.262 e. The van der Waals surface area contributed by atoms with Gasteiger partial charge in [-0.05, 0) is 56.6 Å². The standard InChI is InChI=1S/C19H20N6OS/c1-25-7-4-10(5-8-25)12-2-3-13-16(21-12)23-17(22-13)14-15(20)11-6-9-27-19(11)24-18(14)26/h2-3,6,9-10H,4-5,7-8H2,1H3,(H3,20,24,26)(H,21,22,23). The molecule has 0 unspecified atom stereocenters. The number of thiophene rings is 1. The quantitative estimate of drug-likeness (QED) is 0.496. The summed E-state index contributed by atoms with van der Waals surface area (Å²) >= 11 is 1.46. The van der Waals surface area contributed by atoms with E-state index in [1.54, 1.807) is 0 Å². The summed E-state index contributed by atoms with van der Waals surface area (Å²) in [5, 5.41) is 2.75. The van der Waals surface area contributed by atoms with Crippen LogP contribution in [-0.2, 0) is 0 Å². The predicted molar refractivity (Wildman–Crippen MR) is 109 cm³/mol. The van der Waals surface area contributed by atoms with Crippen LogP contribution in [0, 0.1) is 0 Å². The molecule has 0 atom stereocenters. The van der Waals surface area contributed by atoms with Crippen LogP contribution in [0.2, 0.25) is 0 Å². The number of pyridine rings is 2. The van der Waals surface area contributed by atoms with Crippen LogP contribution in [0.3, 0.4) is 0 Å². The molecular formula is C19H20N6OS. The Kier molecular flexibility index (Phi) is 3.76. The predicted octanol–water partition coefficient (Wildman–Crippen LogP) is 2.92. The van der Waals surface area contributed by atoms with Crippen molar-refractivity contribution >= 4 is 38.4 Å². The fraction of sp³-hybridized carbons (Fsp3) is 0.316. The van der Waals surface area contributed by atoms with E-state index in [1.807, 2.05) is 17.5 Å². The number of fused-ring (bicyclic) bond motifs is 2. The summed E-state index contributed by atoms with van der Waals surface area (Å²) in [7, 11) is 2.15. The number of likely N-dealkylation sites (tertiary alicyclic amines) is 1. The van der Waals surface area contributed by atoms with E-state index >= 15 is 0 Å². The Morgan fingerprint density at radius 1 is 1.19 bits per heavy atom. The number of anilines is 1. The van der Waals surface area contributed by atoms with E-state index in [0.717, 1.165) is 47.4 Å². The highest BCUT2D eigenvalue weighted by atomic mass is 32.1. The molecule has 7 nitrogen and oxygen atoms in total.